The summed E-state index contributed by atoms with van der Waals surface area (Å²) >= 11 is 1.84. The highest BCUT2D eigenvalue weighted by Crippen LogP contribution is 2.24. The summed E-state index contributed by atoms with van der Waals surface area (Å²) in [6.45, 7) is 1.00. The van der Waals surface area contributed by atoms with Crippen molar-refractivity contribution in [3.8, 4) is 0 Å². The number of hydrogen-bond acceptors (Lipinski definition) is 7. The van der Waals surface area contributed by atoms with E-state index in [-0.39, 0.29) is 23.5 Å². The van der Waals surface area contributed by atoms with Gasteiger partial charge in [-0.05, 0) is 22.5 Å². The summed E-state index contributed by atoms with van der Waals surface area (Å²) in [5.74, 6) is 1.79. The summed E-state index contributed by atoms with van der Waals surface area (Å²) in [4.78, 5) is 14.1. The van der Waals surface area contributed by atoms with E-state index in [4.69, 9.17) is 10.5 Å². The second kappa shape index (κ2) is 6.05. The molecule has 7 nitrogen and oxygen atoms in total. The highest BCUT2D eigenvalue weighted by molar-refractivity contribution is 7.99. The number of anilines is 1. The first-order valence-corrected chi connectivity index (χ1v) is 6.85. The minimum atomic E-state index is -0.238. The van der Waals surface area contributed by atoms with Crippen molar-refractivity contribution in [2.45, 2.75) is 12.5 Å². The van der Waals surface area contributed by atoms with E-state index in [2.05, 4.69) is 14.9 Å². The van der Waals surface area contributed by atoms with E-state index in [0.29, 0.717) is 13.2 Å². The summed E-state index contributed by atoms with van der Waals surface area (Å²) in [5, 5.41) is 7.00. The number of ether oxygens (including phenoxy) is 1. The van der Waals surface area contributed by atoms with E-state index in [0.717, 1.165) is 17.9 Å². The Bertz CT molecular complexity index is 406. The maximum atomic E-state index is 12.3. The number of rotatable bonds is 5. The summed E-state index contributed by atoms with van der Waals surface area (Å²) < 4.78 is 9.51. The molecule has 8 heteroatoms. The van der Waals surface area contributed by atoms with Crippen LogP contribution in [0.25, 0.3) is 0 Å². The number of nitrogens with two attached hydrogens (primary N) is 1. The van der Waals surface area contributed by atoms with Crippen molar-refractivity contribution in [2.75, 3.05) is 37.5 Å². The van der Waals surface area contributed by atoms with E-state index in [1.54, 1.807) is 12.0 Å². The highest BCUT2D eigenvalue weighted by atomic mass is 32.2. The molecule has 1 aromatic heterocycles. The van der Waals surface area contributed by atoms with Gasteiger partial charge in [-0.2, -0.15) is 11.8 Å². The summed E-state index contributed by atoms with van der Waals surface area (Å²) in [5.41, 5.74) is 5.64. The van der Waals surface area contributed by atoms with Gasteiger partial charge in [0.2, 0.25) is 11.5 Å². The molecule has 2 heterocycles. The number of thioether (sulfide) groups is 1. The number of nitrogen functional groups attached to an aromatic ring is 1. The van der Waals surface area contributed by atoms with Crippen LogP contribution in [0.5, 0.6) is 0 Å². The van der Waals surface area contributed by atoms with Crippen LogP contribution in [0, 0.1) is 0 Å². The molecule has 1 amide bonds. The van der Waals surface area contributed by atoms with Crippen molar-refractivity contribution < 1.29 is 14.2 Å². The molecule has 2 rings (SSSR count). The number of hydrogen-bond donors (Lipinski definition) is 1. The quantitative estimate of drug-likeness (QED) is 0.820. The minimum absolute atomic E-state index is 0.0352. The van der Waals surface area contributed by atoms with Crippen LogP contribution in [-0.4, -0.2) is 58.9 Å². The first kappa shape index (κ1) is 13.2. The maximum Gasteiger partial charge on any atom is 0.280 e. The van der Waals surface area contributed by atoms with Gasteiger partial charge in [-0.3, -0.25) is 4.79 Å². The Morgan fingerprint density at radius 3 is 3.06 bits per heavy atom. The molecule has 1 saturated heterocycles. The predicted octanol–water partition coefficient (Wildman–Crippen LogP) is 0.246. The second-order valence-corrected chi connectivity index (χ2v) is 5.16. The van der Waals surface area contributed by atoms with Gasteiger partial charge in [-0.25, -0.2) is 4.63 Å². The topological polar surface area (TPSA) is 94.5 Å². The van der Waals surface area contributed by atoms with E-state index < -0.39 is 0 Å². The lowest BCUT2D eigenvalue weighted by Crippen LogP contribution is -2.42. The number of amides is 1. The fourth-order valence-corrected chi connectivity index (χ4v) is 3.11. The lowest BCUT2D eigenvalue weighted by atomic mass is 10.2. The molecule has 1 atom stereocenters. The molecule has 100 valence electrons. The van der Waals surface area contributed by atoms with Crippen LogP contribution in [-0.2, 0) is 4.74 Å². The van der Waals surface area contributed by atoms with Crippen LogP contribution in [0.1, 0.15) is 16.9 Å². The summed E-state index contributed by atoms with van der Waals surface area (Å²) in [7, 11) is 1.61. The van der Waals surface area contributed by atoms with Gasteiger partial charge in [0, 0.05) is 25.4 Å². The average Bonchev–Trinajstić information content (AvgIpc) is 3.00. The summed E-state index contributed by atoms with van der Waals surface area (Å²) in [6, 6.07) is 0.203. The van der Waals surface area contributed by atoms with Crippen molar-refractivity contribution in [1.82, 2.24) is 15.2 Å². The number of aromatic nitrogens is 2. The van der Waals surface area contributed by atoms with Gasteiger partial charge in [0.1, 0.15) is 0 Å². The van der Waals surface area contributed by atoms with Crippen LogP contribution < -0.4 is 5.73 Å². The Morgan fingerprint density at radius 1 is 1.67 bits per heavy atom. The Balaban J connectivity index is 2.12. The van der Waals surface area contributed by atoms with Gasteiger partial charge < -0.3 is 15.4 Å². The number of nitrogens with zero attached hydrogens (tertiary/aromatic N) is 3. The zero-order chi connectivity index (χ0) is 13.0. The molecule has 1 aliphatic rings. The van der Waals surface area contributed by atoms with Gasteiger partial charge in [0.15, 0.2) is 0 Å². The van der Waals surface area contributed by atoms with Crippen molar-refractivity contribution in [3.63, 3.8) is 0 Å². The monoisotopic (exact) mass is 272 g/mol. The van der Waals surface area contributed by atoms with Crippen LogP contribution in [0.4, 0.5) is 5.82 Å². The van der Waals surface area contributed by atoms with E-state index in [1.807, 2.05) is 11.8 Å². The predicted molar refractivity (Wildman–Crippen MR) is 67.4 cm³/mol. The van der Waals surface area contributed by atoms with Gasteiger partial charge in [0.25, 0.3) is 5.91 Å². The normalized spacial score (nSPS) is 19.1. The van der Waals surface area contributed by atoms with Gasteiger partial charge in [-0.1, -0.05) is 0 Å². The molecule has 1 fully saturated rings. The fraction of sp³-hybridized carbons (Fsp3) is 0.700. The first-order valence-electron chi connectivity index (χ1n) is 5.69. The van der Waals surface area contributed by atoms with E-state index in [1.165, 1.54) is 0 Å². The van der Waals surface area contributed by atoms with Gasteiger partial charge >= 0.3 is 0 Å². The maximum absolute atomic E-state index is 12.3. The molecule has 0 saturated carbocycles. The number of methoxy groups -OCH3 is 1. The van der Waals surface area contributed by atoms with Crippen molar-refractivity contribution in [1.29, 1.82) is 0 Å². The summed E-state index contributed by atoms with van der Waals surface area (Å²) in [6.07, 6.45) is 0.977. The molecule has 1 unspecified atom stereocenters. The minimum Gasteiger partial charge on any atom is -0.383 e. The van der Waals surface area contributed by atoms with E-state index in [9.17, 15) is 4.79 Å². The third-order valence-corrected chi connectivity index (χ3v) is 4.00. The van der Waals surface area contributed by atoms with Crippen LogP contribution in [0.15, 0.2) is 4.63 Å². The third-order valence-electron chi connectivity index (χ3n) is 2.86. The van der Waals surface area contributed by atoms with Crippen molar-refractivity contribution >= 4 is 23.5 Å². The van der Waals surface area contributed by atoms with Crippen molar-refractivity contribution in [2.24, 2.45) is 0 Å². The Kier molecular flexibility index (Phi) is 4.43. The van der Waals surface area contributed by atoms with Crippen LogP contribution in [0.3, 0.4) is 0 Å². The third kappa shape index (κ3) is 2.75. The SMILES string of the molecule is COCCN(C(=O)c1nonc1N)C1CCSC1. The second-order valence-electron chi connectivity index (χ2n) is 4.01. The molecule has 1 aromatic rings. The first-order chi connectivity index (χ1) is 8.74. The highest BCUT2D eigenvalue weighted by Gasteiger charge is 2.30. The Labute approximate surface area is 109 Å². The number of carbonyl (C=O) groups excluding carboxylic acids is 1. The molecule has 18 heavy (non-hydrogen) atoms. The van der Waals surface area contributed by atoms with Crippen molar-refractivity contribution in [3.05, 3.63) is 5.69 Å². The van der Waals surface area contributed by atoms with E-state index >= 15 is 0 Å². The molecule has 0 aliphatic carbocycles. The average molecular weight is 272 g/mol. The van der Waals surface area contributed by atoms with Crippen LogP contribution in [0.2, 0.25) is 0 Å². The van der Waals surface area contributed by atoms with Gasteiger partial charge in [0.05, 0.1) is 6.61 Å². The molecule has 2 N–H and O–H groups in total. The number of carbonyl (C=O) groups is 1. The van der Waals surface area contributed by atoms with Gasteiger partial charge in [-0.15, -0.1) is 0 Å². The molecule has 0 bridgehead atoms. The molecule has 0 aromatic carbocycles. The lowest BCUT2D eigenvalue weighted by Gasteiger charge is -2.27. The zero-order valence-corrected chi connectivity index (χ0v) is 11.0. The standard InChI is InChI=1S/C10H16N4O3S/c1-16-4-3-14(7-2-5-18-6-7)10(15)8-9(11)13-17-12-8/h7H,2-6H2,1H3,(H2,11,13). The molecule has 0 spiro atoms. The lowest BCUT2D eigenvalue weighted by molar-refractivity contribution is 0.0614. The Morgan fingerprint density at radius 2 is 2.50 bits per heavy atom. The molecular weight excluding hydrogens is 256 g/mol. The largest absolute Gasteiger partial charge is 0.383 e. The zero-order valence-electron chi connectivity index (χ0n) is 10.2. The fourth-order valence-electron chi connectivity index (χ4n) is 1.89. The molecule has 1 aliphatic heterocycles. The smallest absolute Gasteiger partial charge is 0.280 e. The molecular formula is C10H16N4O3S. The van der Waals surface area contributed by atoms with Crippen LogP contribution >= 0.6 is 11.8 Å². The molecule has 0 radical (unpaired) electrons. The Hall–Kier alpha value is -1.28.